The molecule has 2 rings (SSSR count). The summed E-state index contributed by atoms with van der Waals surface area (Å²) in [6, 6.07) is 4.66. The number of aromatic nitrogens is 2. The molecule has 0 atom stereocenters. The van der Waals surface area contributed by atoms with Gasteiger partial charge in [0.2, 0.25) is 15.8 Å². The number of halogens is 3. The van der Waals surface area contributed by atoms with Crippen LogP contribution in [0.3, 0.4) is 0 Å². The van der Waals surface area contributed by atoms with Crippen LogP contribution in [0.5, 0.6) is 0 Å². The molecule has 1 heterocycles. The maximum Gasteiger partial charge on any atom is 0.567 e. The molecule has 146 valence electrons. The highest BCUT2D eigenvalue weighted by atomic mass is 32.2. The van der Waals surface area contributed by atoms with Crippen molar-refractivity contribution in [3.63, 3.8) is 0 Å². The summed E-state index contributed by atoms with van der Waals surface area (Å²) in [6.45, 7) is 1.43. The zero-order valence-corrected chi connectivity index (χ0v) is 14.7. The van der Waals surface area contributed by atoms with Crippen molar-refractivity contribution in [2.45, 2.75) is 24.5 Å². The van der Waals surface area contributed by atoms with Gasteiger partial charge in [0.1, 0.15) is 11.9 Å². The van der Waals surface area contributed by atoms with Gasteiger partial charge in [-0.05, 0) is 31.2 Å². The van der Waals surface area contributed by atoms with E-state index < -0.39 is 34.5 Å². The van der Waals surface area contributed by atoms with Gasteiger partial charge < -0.3 is 4.74 Å². The predicted molar refractivity (Wildman–Crippen MR) is 84.0 cm³/mol. The smallest absolute Gasteiger partial charge is 0.460 e. The summed E-state index contributed by atoms with van der Waals surface area (Å²) >= 11 is 0. The Morgan fingerprint density at radius 2 is 1.81 bits per heavy atom. The number of alkyl halides is 3. The Balaban J connectivity index is 2.46. The molecule has 0 radical (unpaired) electrons. The number of hydrogen-bond donors (Lipinski definition) is 1. The van der Waals surface area contributed by atoms with Crippen molar-refractivity contribution in [3.05, 3.63) is 42.5 Å². The third-order valence-electron chi connectivity index (χ3n) is 3.42. The minimum Gasteiger partial charge on any atom is -0.460 e. The topological polar surface area (TPSA) is 112 Å². The van der Waals surface area contributed by atoms with E-state index >= 15 is 0 Å². The highest BCUT2D eigenvalue weighted by molar-refractivity contribution is 7.89. The Morgan fingerprint density at radius 3 is 2.30 bits per heavy atom. The number of benzene rings is 1. The van der Waals surface area contributed by atoms with Crippen LogP contribution in [-0.4, -0.2) is 31.3 Å². The molecule has 0 aliphatic rings. The van der Waals surface area contributed by atoms with Crippen LogP contribution < -0.4 is 9.71 Å². The number of primary sulfonamides is 1. The molecule has 0 aliphatic carbocycles. The molecule has 0 saturated heterocycles. The monoisotopic (exact) mass is 406 g/mol. The molecule has 2 N–H and O–H groups in total. The molecular formula is C15H15F3N3O5S+. The van der Waals surface area contributed by atoms with Gasteiger partial charge in [0.25, 0.3) is 6.33 Å². The molecular weight excluding hydrogens is 391 g/mol. The predicted octanol–water partition coefficient (Wildman–Crippen LogP) is 0.563. The van der Waals surface area contributed by atoms with Gasteiger partial charge >= 0.3 is 12.3 Å². The summed E-state index contributed by atoms with van der Waals surface area (Å²) in [4.78, 5) is 23.1. The Hall–Kier alpha value is -2.73. The minimum absolute atomic E-state index is 0.0524. The quantitative estimate of drug-likeness (QED) is 0.428. The lowest BCUT2D eigenvalue weighted by Crippen LogP contribution is -2.45. The molecule has 0 fully saturated rings. The first kappa shape index (κ1) is 20.6. The van der Waals surface area contributed by atoms with Gasteiger partial charge in [-0.15, -0.1) is 17.7 Å². The van der Waals surface area contributed by atoms with E-state index in [1.165, 1.54) is 19.1 Å². The normalized spacial score (nSPS) is 12.0. The van der Waals surface area contributed by atoms with Crippen LogP contribution in [0.2, 0.25) is 0 Å². The second-order valence-corrected chi connectivity index (χ2v) is 6.90. The third kappa shape index (κ3) is 4.92. The summed E-state index contributed by atoms with van der Waals surface area (Å²) in [5, 5.41) is 4.98. The van der Waals surface area contributed by atoms with E-state index in [9.17, 15) is 31.2 Å². The molecule has 0 bridgehead atoms. The van der Waals surface area contributed by atoms with Crippen LogP contribution in [0.4, 0.5) is 13.2 Å². The Kier molecular flexibility index (Phi) is 5.70. The summed E-state index contributed by atoms with van der Waals surface area (Å²) in [5.41, 5.74) is -0.00853. The first-order valence-corrected chi connectivity index (χ1v) is 9.01. The lowest BCUT2D eigenvalue weighted by molar-refractivity contribution is -0.854. The number of nitrogens with two attached hydrogens (primary N) is 1. The number of carbonyl (C=O) groups excluding carboxylic acids is 2. The summed E-state index contributed by atoms with van der Waals surface area (Å²) in [6.07, 6.45) is -4.07. The molecule has 0 amide bonds. The van der Waals surface area contributed by atoms with Crippen molar-refractivity contribution >= 4 is 21.8 Å². The van der Waals surface area contributed by atoms with E-state index in [-0.39, 0.29) is 27.5 Å². The van der Waals surface area contributed by atoms with Gasteiger partial charge in [-0.1, -0.05) is 0 Å². The fourth-order valence-corrected chi connectivity index (χ4v) is 2.72. The number of imidazole rings is 1. The second kappa shape index (κ2) is 7.48. The molecule has 12 heteroatoms. The van der Waals surface area contributed by atoms with E-state index in [4.69, 9.17) is 5.14 Å². The molecule has 2 aromatic rings. The number of Topliss-reactive ketones (excluding diaryl/α,β-unsaturated/α-hetero) is 1. The SMILES string of the molecule is CCOC(=O)C(=O)Cc1c[n+](C(F)(F)F)cn1-c1ccc(S(N)(=O)=O)cc1. The van der Waals surface area contributed by atoms with Gasteiger partial charge in [0, 0.05) is 0 Å². The van der Waals surface area contributed by atoms with Gasteiger partial charge in [-0.25, -0.2) is 18.4 Å². The highest BCUT2D eigenvalue weighted by Gasteiger charge is 2.39. The maximum atomic E-state index is 13.0. The van der Waals surface area contributed by atoms with E-state index in [2.05, 4.69) is 4.74 Å². The average Bonchev–Trinajstić information content (AvgIpc) is 2.98. The van der Waals surface area contributed by atoms with Gasteiger partial charge in [-0.3, -0.25) is 4.79 Å². The number of nitrogens with zero attached hydrogens (tertiary/aromatic N) is 2. The maximum absolute atomic E-state index is 13.0. The van der Waals surface area contributed by atoms with Crippen molar-refractivity contribution in [1.82, 2.24) is 4.57 Å². The van der Waals surface area contributed by atoms with Crippen molar-refractivity contribution in [2.24, 2.45) is 5.14 Å². The standard InChI is InChI=1S/C15H15F3N3O5S/c1-2-26-14(23)13(22)7-11-8-20(15(16,17)18)9-21(11)10-3-5-12(6-4-10)27(19,24)25/h3-6,8-9H,2,7H2,1H3,(H2,19,24,25)/q+1. The van der Waals surface area contributed by atoms with Crippen molar-refractivity contribution in [3.8, 4) is 5.69 Å². The van der Waals surface area contributed by atoms with Gasteiger partial charge in [0.05, 0.1) is 17.9 Å². The molecule has 8 nitrogen and oxygen atoms in total. The minimum atomic E-state index is -4.76. The number of ether oxygens (including phenoxy) is 1. The Bertz CT molecular complexity index is 966. The van der Waals surface area contributed by atoms with Crippen molar-refractivity contribution in [2.75, 3.05) is 6.61 Å². The second-order valence-electron chi connectivity index (χ2n) is 5.34. The molecule has 0 saturated carbocycles. The van der Waals surface area contributed by atoms with Crippen LogP contribution in [0, 0.1) is 0 Å². The average molecular weight is 406 g/mol. The van der Waals surface area contributed by atoms with E-state index in [0.29, 0.717) is 12.5 Å². The zero-order valence-electron chi connectivity index (χ0n) is 13.9. The number of rotatable bonds is 6. The fourth-order valence-electron chi connectivity index (χ4n) is 2.20. The van der Waals surface area contributed by atoms with E-state index in [1.807, 2.05) is 0 Å². The largest absolute Gasteiger partial charge is 0.567 e. The molecule has 1 aromatic heterocycles. The number of sulfonamides is 1. The third-order valence-corrected chi connectivity index (χ3v) is 4.35. The summed E-state index contributed by atoms with van der Waals surface area (Å²) in [7, 11) is -3.98. The number of carbonyl (C=O) groups is 2. The van der Waals surface area contributed by atoms with E-state index in [1.54, 1.807) is 0 Å². The number of ketones is 1. The van der Waals surface area contributed by atoms with E-state index in [0.717, 1.165) is 16.7 Å². The lowest BCUT2D eigenvalue weighted by atomic mass is 10.2. The lowest BCUT2D eigenvalue weighted by Gasteiger charge is -2.03. The highest BCUT2D eigenvalue weighted by Crippen LogP contribution is 2.19. The van der Waals surface area contributed by atoms with Gasteiger partial charge in [0.15, 0.2) is 5.69 Å². The van der Waals surface area contributed by atoms with Crippen LogP contribution in [0.1, 0.15) is 12.6 Å². The van der Waals surface area contributed by atoms with Crippen LogP contribution in [-0.2, 0) is 37.1 Å². The number of esters is 1. The molecule has 27 heavy (non-hydrogen) atoms. The first-order chi connectivity index (χ1) is 12.4. The Morgan fingerprint density at radius 1 is 1.22 bits per heavy atom. The van der Waals surface area contributed by atoms with Crippen molar-refractivity contribution < 1.29 is 40.5 Å². The zero-order chi connectivity index (χ0) is 20.4. The molecule has 0 spiro atoms. The Labute approximate surface area is 152 Å². The summed E-state index contributed by atoms with van der Waals surface area (Å²) in [5.74, 6) is -2.18. The molecule has 0 unspecified atom stereocenters. The van der Waals surface area contributed by atoms with Gasteiger partial charge in [-0.2, -0.15) is 4.57 Å². The molecule has 1 aromatic carbocycles. The first-order valence-electron chi connectivity index (χ1n) is 7.46. The van der Waals surface area contributed by atoms with Crippen LogP contribution in [0.25, 0.3) is 5.69 Å². The van der Waals surface area contributed by atoms with Crippen molar-refractivity contribution in [1.29, 1.82) is 0 Å². The molecule has 0 aliphatic heterocycles. The van der Waals surface area contributed by atoms with Crippen LogP contribution >= 0.6 is 0 Å². The number of hydrogen-bond acceptors (Lipinski definition) is 5. The van der Waals surface area contributed by atoms with Crippen LogP contribution in [0.15, 0.2) is 41.7 Å². The fraction of sp³-hybridized carbons (Fsp3) is 0.267. The summed E-state index contributed by atoms with van der Waals surface area (Å²) < 4.78 is 67.1.